The minimum Gasteiger partial charge on any atom is -0.381 e. The molecule has 1 heteroatoms. The molecule has 0 aliphatic carbocycles. The second-order valence-electron chi connectivity index (χ2n) is 3.67. The fourth-order valence-electron chi connectivity index (χ4n) is 1.31. The average molecular weight is 158 g/mol. The first-order valence-electron chi connectivity index (χ1n) is 4.66. The van der Waals surface area contributed by atoms with Crippen molar-refractivity contribution in [1.82, 2.24) is 0 Å². The van der Waals surface area contributed by atoms with E-state index in [-0.39, 0.29) is 0 Å². The summed E-state index contributed by atoms with van der Waals surface area (Å²) in [6.07, 6.45) is 2.87. The van der Waals surface area contributed by atoms with Crippen molar-refractivity contribution in [1.29, 1.82) is 0 Å². The van der Waals surface area contributed by atoms with Gasteiger partial charge >= 0.3 is 0 Å². The van der Waals surface area contributed by atoms with Gasteiger partial charge in [-0.2, -0.15) is 0 Å². The molecule has 0 saturated carbocycles. The Morgan fingerprint density at radius 2 is 1.73 bits per heavy atom. The maximum absolute atomic E-state index is 5.41. The molecular formula is C10H22O. The number of rotatable bonds is 5. The molecule has 0 spiro atoms. The van der Waals surface area contributed by atoms with Crippen LogP contribution in [-0.4, -0.2) is 13.2 Å². The van der Waals surface area contributed by atoms with E-state index >= 15 is 0 Å². The normalized spacial score (nSPS) is 16.9. The molecule has 11 heavy (non-hydrogen) atoms. The second kappa shape index (κ2) is 5.59. The maximum Gasteiger partial charge on any atom is 0.0599 e. The Labute approximate surface area is 71.1 Å². The van der Waals surface area contributed by atoms with Gasteiger partial charge in [0, 0.05) is 7.11 Å². The van der Waals surface area contributed by atoms with Crippen LogP contribution >= 0.6 is 0 Å². The van der Waals surface area contributed by atoms with Crippen LogP contribution in [0.5, 0.6) is 0 Å². The molecule has 1 nitrogen and oxygen atoms in total. The Kier molecular flexibility index (Phi) is 5.57. The zero-order chi connectivity index (χ0) is 8.85. The fraction of sp³-hybridized carbons (Fsp3) is 1.00. The molecule has 0 radical (unpaired) electrons. The van der Waals surface area contributed by atoms with Crippen LogP contribution in [0, 0.1) is 11.8 Å². The van der Waals surface area contributed by atoms with E-state index in [4.69, 9.17) is 4.74 Å². The first-order valence-corrected chi connectivity index (χ1v) is 4.66. The van der Waals surface area contributed by atoms with Crippen LogP contribution in [0.1, 0.15) is 40.5 Å². The Bertz CT molecular complexity index is 88.9. The number of ether oxygens (including phenoxy) is 1. The highest BCUT2D eigenvalue weighted by Crippen LogP contribution is 2.20. The van der Waals surface area contributed by atoms with E-state index in [1.165, 1.54) is 12.8 Å². The van der Waals surface area contributed by atoms with E-state index < -0.39 is 0 Å². The summed E-state index contributed by atoms with van der Waals surface area (Å²) in [4.78, 5) is 0. The van der Waals surface area contributed by atoms with Crippen LogP contribution < -0.4 is 0 Å². The predicted molar refractivity (Wildman–Crippen MR) is 49.7 cm³/mol. The Morgan fingerprint density at radius 1 is 1.18 bits per heavy atom. The molecule has 0 aromatic heterocycles. The highest BCUT2D eigenvalue weighted by molar-refractivity contribution is 4.68. The summed E-state index contributed by atoms with van der Waals surface area (Å²) in [5.74, 6) is 1.41. The second-order valence-corrected chi connectivity index (χ2v) is 3.67. The van der Waals surface area contributed by atoms with Crippen LogP contribution in [-0.2, 0) is 4.74 Å². The minimum absolute atomic E-state index is 0.458. The van der Waals surface area contributed by atoms with E-state index in [1.54, 1.807) is 0 Å². The van der Waals surface area contributed by atoms with Crippen molar-refractivity contribution in [3.05, 3.63) is 0 Å². The van der Waals surface area contributed by atoms with Crippen LogP contribution in [0.4, 0.5) is 0 Å². The van der Waals surface area contributed by atoms with Crippen molar-refractivity contribution in [2.75, 3.05) is 7.11 Å². The summed E-state index contributed by atoms with van der Waals surface area (Å²) in [7, 11) is 1.82. The molecule has 0 amide bonds. The molecule has 68 valence electrons. The van der Waals surface area contributed by atoms with Gasteiger partial charge in [-0.25, -0.2) is 0 Å². The molecular weight excluding hydrogens is 136 g/mol. The maximum atomic E-state index is 5.41. The van der Waals surface area contributed by atoms with Crippen molar-refractivity contribution < 1.29 is 4.74 Å². The smallest absolute Gasteiger partial charge is 0.0599 e. The highest BCUT2D eigenvalue weighted by atomic mass is 16.5. The van der Waals surface area contributed by atoms with Crippen LogP contribution in [0.25, 0.3) is 0 Å². The largest absolute Gasteiger partial charge is 0.381 e. The standard InChI is InChI=1S/C10H22O/c1-6-7-10(11-5)9(4)8(2)3/h8-10H,6-7H2,1-5H3. The van der Waals surface area contributed by atoms with E-state index in [0.29, 0.717) is 12.0 Å². The summed E-state index contributed by atoms with van der Waals surface area (Å²) < 4.78 is 5.41. The van der Waals surface area contributed by atoms with Gasteiger partial charge in [0.15, 0.2) is 0 Å². The van der Waals surface area contributed by atoms with Crippen molar-refractivity contribution in [2.45, 2.75) is 46.6 Å². The van der Waals surface area contributed by atoms with E-state index in [1.807, 2.05) is 7.11 Å². The summed E-state index contributed by atoms with van der Waals surface area (Å²) >= 11 is 0. The van der Waals surface area contributed by atoms with E-state index in [2.05, 4.69) is 27.7 Å². The Hall–Kier alpha value is -0.0400. The molecule has 0 rings (SSSR count). The first kappa shape index (κ1) is 11.0. The van der Waals surface area contributed by atoms with Crippen LogP contribution in [0.15, 0.2) is 0 Å². The third-order valence-electron chi connectivity index (χ3n) is 2.51. The zero-order valence-corrected chi connectivity index (χ0v) is 8.55. The SMILES string of the molecule is CCCC(OC)C(C)C(C)C. The van der Waals surface area contributed by atoms with Crippen molar-refractivity contribution in [3.8, 4) is 0 Å². The fourth-order valence-corrected chi connectivity index (χ4v) is 1.31. The molecule has 0 aromatic carbocycles. The van der Waals surface area contributed by atoms with Gasteiger partial charge in [0.25, 0.3) is 0 Å². The molecule has 0 saturated heterocycles. The summed E-state index contributed by atoms with van der Waals surface area (Å²) in [5, 5.41) is 0. The molecule has 0 heterocycles. The topological polar surface area (TPSA) is 9.23 Å². The van der Waals surface area contributed by atoms with Gasteiger partial charge in [0.1, 0.15) is 0 Å². The molecule has 2 atom stereocenters. The molecule has 0 aliphatic heterocycles. The van der Waals surface area contributed by atoms with Gasteiger partial charge in [-0.15, -0.1) is 0 Å². The number of hydrogen-bond donors (Lipinski definition) is 0. The van der Waals surface area contributed by atoms with Gasteiger partial charge < -0.3 is 4.74 Å². The lowest BCUT2D eigenvalue weighted by molar-refractivity contribution is 0.0342. The molecule has 0 N–H and O–H groups in total. The van der Waals surface area contributed by atoms with E-state index in [9.17, 15) is 0 Å². The lowest BCUT2D eigenvalue weighted by Crippen LogP contribution is -2.24. The number of methoxy groups -OCH3 is 1. The minimum atomic E-state index is 0.458. The van der Waals surface area contributed by atoms with Crippen LogP contribution in [0.3, 0.4) is 0 Å². The van der Waals surface area contributed by atoms with Gasteiger partial charge in [0.05, 0.1) is 6.10 Å². The average Bonchev–Trinajstić information content (AvgIpc) is 1.98. The van der Waals surface area contributed by atoms with E-state index in [0.717, 1.165) is 5.92 Å². The lowest BCUT2D eigenvalue weighted by Gasteiger charge is -2.25. The molecule has 2 unspecified atom stereocenters. The molecule has 0 aliphatic rings. The lowest BCUT2D eigenvalue weighted by atomic mass is 9.90. The van der Waals surface area contributed by atoms with Gasteiger partial charge in [0.2, 0.25) is 0 Å². The van der Waals surface area contributed by atoms with Crippen molar-refractivity contribution >= 4 is 0 Å². The first-order chi connectivity index (χ1) is 5.13. The monoisotopic (exact) mass is 158 g/mol. The molecule has 0 fully saturated rings. The summed E-state index contributed by atoms with van der Waals surface area (Å²) in [5.41, 5.74) is 0. The van der Waals surface area contributed by atoms with Crippen molar-refractivity contribution in [2.24, 2.45) is 11.8 Å². The molecule has 0 bridgehead atoms. The Morgan fingerprint density at radius 3 is 2.00 bits per heavy atom. The number of hydrogen-bond acceptors (Lipinski definition) is 1. The van der Waals surface area contributed by atoms with Gasteiger partial charge in [-0.05, 0) is 18.3 Å². The summed E-state index contributed by atoms with van der Waals surface area (Å²) in [6.45, 7) is 8.99. The quantitative estimate of drug-likeness (QED) is 0.597. The molecule has 0 aromatic rings. The third-order valence-corrected chi connectivity index (χ3v) is 2.51. The highest BCUT2D eigenvalue weighted by Gasteiger charge is 2.18. The zero-order valence-electron chi connectivity index (χ0n) is 8.55. The van der Waals surface area contributed by atoms with Gasteiger partial charge in [-0.3, -0.25) is 0 Å². The summed E-state index contributed by atoms with van der Waals surface area (Å²) in [6, 6.07) is 0. The van der Waals surface area contributed by atoms with Gasteiger partial charge in [-0.1, -0.05) is 34.1 Å². The Balaban J connectivity index is 3.81. The predicted octanol–water partition coefficient (Wildman–Crippen LogP) is 3.09. The van der Waals surface area contributed by atoms with Crippen LogP contribution in [0.2, 0.25) is 0 Å². The van der Waals surface area contributed by atoms with Crippen molar-refractivity contribution in [3.63, 3.8) is 0 Å². The third kappa shape index (κ3) is 3.76.